The van der Waals surface area contributed by atoms with Crippen molar-refractivity contribution in [2.45, 2.75) is 13.8 Å². The number of carbonyl (C=O) groups is 1. The summed E-state index contributed by atoms with van der Waals surface area (Å²) in [6.45, 7) is 5.51. The molecule has 0 aliphatic rings. The summed E-state index contributed by atoms with van der Waals surface area (Å²) in [5.74, 6) is 0. The molecule has 0 unspecified atom stereocenters. The topological polar surface area (TPSA) is 44.4 Å². The maximum atomic E-state index is 11.6. The number of nitrogens with zero attached hydrogens (tertiary/aromatic N) is 1. The highest BCUT2D eigenvalue weighted by molar-refractivity contribution is 5.90. The Morgan fingerprint density at radius 1 is 1.29 bits per heavy atom. The van der Waals surface area contributed by atoms with Crippen LogP contribution in [0.5, 0.6) is 0 Å². The lowest BCUT2D eigenvalue weighted by atomic mass is 10.1. The van der Waals surface area contributed by atoms with E-state index in [-0.39, 0.29) is 6.03 Å². The SMILES string of the molecule is Cc1cccc(NC(=O)NCCN(C)C)c1C. The van der Waals surface area contributed by atoms with Gasteiger partial charge in [0, 0.05) is 18.8 Å². The number of benzene rings is 1. The van der Waals surface area contributed by atoms with Crippen molar-refractivity contribution in [3.05, 3.63) is 29.3 Å². The molecule has 0 fully saturated rings. The Morgan fingerprint density at radius 3 is 2.65 bits per heavy atom. The fraction of sp³-hybridized carbons (Fsp3) is 0.462. The van der Waals surface area contributed by atoms with Crippen molar-refractivity contribution < 1.29 is 4.79 Å². The molecule has 0 saturated carbocycles. The number of amides is 2. The van der Waals surface area contributed by atoms with E-state index in [4.69, 9.17) is 0 Å². The van der Waals surface area contributed by atoms with Gasteiger partial charge in [0.1, 0.15) is 0 Å². The van der Waals surface area contributed by atoms with Gasteiger partial charge in [-0.15, -0.1) is 0 Å². The lowest BCUT2D eigenvalue weighted by molar-refractivity contribution is 0.250. The second-order valence-electron chi connectivity index (χ2n) is 4.43. The third kappa shape index (κ3) is 4.44. The van der Waals surface area contributed by atoms with Crippen LogP contribution in [0.3, 0.4) is 0 Å². The maximum Gasteiger partial charge on any atom is 0.319 e. The van der Waals surface area contributed by atoms with E-state index in [2.05, 4.69) is 10.6 Å². The maximum absolute atomic E-state index is 11.6. The smallest absolute Gasteiger partial charge is 0.319 e. The molecule has 17 heavy (non-hydrogen) atoms. The lowest BCUT2D eigenvalue weighted by Crippen LogP contribution is -2.34. The summed E-state index contributed by atoms with van der Waals surface area (Å²) in [7, 11) is 3.95. The van der Waals surface area contributed by atoms with Crippen molar-refractivity contribution in [3.8, 4) is 0 Å². The Hall–Kier alpha value is -1.55. The molecule has 4 heteroatoms. The Balaban J connectivity index is 2.48. The molecule has 2 N–H and O–H groups in total. The molecule has 0 heterocycles. The van der Waals surface area contributed by atoms with Crippen LogP contribution in [0, 0.1) is 13.8 Å². The summed E-state index contributed by atoms with van der Waals surface area (Å²) in [5, 5.41) is 5.67. The van der Waals surface area contributed by atoms with E-state index in [9.17, 15) is 4.79 Å². The van der Waals surface area contributed by atoms with Gasteiger partial charge in [-0.25, -0.2) is 4.79 Å². The Labute approximate surface area is 103 Å². The summed E-state index contributed by atoms with van der Waals surface area (Å²) >= 11 is 0. The highest BCUT2D eigenvalue weighted by Crippen LogP contribution is 2.17. The van der Waals surface area contributed by atoms with Crippen molar-refractivity contribution in [2.24, 2.45) is 0 Å². The normalized spacial score (nSPS) is 10.4. The molecule has 0 saturated heterocycles. The summed E-state index contributed by atoms with van der Waals surface area (Å²) in [6.07, 6.45) is 0. The van der Waals surface area contributed by atoms with Gasteiger partial charge in [-0.1, -0.05) is 12.1 Å². The molecule has 1 aromatic rings. The molecule has 2 amide bonds. The highest BCUT2D eigenvalue weighted by atomic mass is 16.2. The van der Waals surface area contributed by atoms with Crippen LogP contribution < -0.4 is 10.6 Å². The van der Waals surface area contributed by atoms with E-state index < -0.39 is 0 Å². The number of urea groups is 1. The van der Waals surface area contributed by atoms with Crippen molar-refractivity contribution in [2.75, 3.05) is 32.5 Å². The van der Waals surface area contributed by atoms with Crippen LogP contribution in [0.15, 0.2) is 18.2 Å². The molecule has 0 radical (unpaired) electrons. The predicted molar refractivity (Wildman–Crippen MR) is 71.5 cm³/mol. The number of likely N-dealkylation sites (N-methyl/N-ethyl adjacent to an activating group) is 1. The van der Waals surface area contributed by atoms with Crippen molar-refractivity contribution in [1.82, 2.24) is 10.2 Å². The average Bonchev–Trinajstić information content (AvgIpc) is 2.24. The average molecular weight is 235 g/mol. The number of anilines is 1. The van der Waals surface area contributed by atoms with E-state index in [0.717, 1.165) is 17.8 Å². The monoisotopic (exact) mass is 235 g/mol. The number of hydrogen-bond acceptors (Lipinski definition) is 2. The molecule has 1 rings (SSSR count). The van der Waals surface area contributed by atoms with Crippen LogP contribution in [0.1, 0.15) is 11.1 Å². The van der Waals surface area contributed by atoms with Gasteiger partial charge in [0.2, 0.25) is 0 Å². The molecule has 4 nitrogen and oxygen atoms in total. The largest absolute Gasteiger partial charge is 0.337 e. The predicted octanol–water partition coefficient (Wildman–Crippen LogP) is 1.99. The molecular weight excluding hydrogens is 214 g/mol. The third-order valence-corrected chi connectivity index (χ3v) is 2.70. The molecule has 0 aromatic heterocycles. The van der Waals surface area contributed by atoms with Gasteiger partial charge in [0.15, 0.2) is 0 Å². The first kappa shape index (κ1) is 13.5. The van der Waals surface area contributed by atoms with Gasteiger partial charge in [-0.05, 0) is 45.1 Å². The van der Waals surface area contributed by atoms with Gasteiger partial charge in [-0.3, -0.25) is 0 Å². The number of nitrogens with one attached hydrogen (secondary N) is 2. The molecule has 0 atom stereocenters. The van der Waals surface area contributed by atoms with Crippen LogP contribution in [-0.2, 0) is 0 Å². The minimum Gasteiger partial charge on any atom is -0.337 e. The highest BCUT2D eigenvalue weighted by Gasteiger charge is 2.04. The Bertz CT molecular complexity index is 388. The van der Waals surface area contributed by atoms with E-state index in [0.29, 0.717) is 6.54 Å². The molecule has 1 aromatic carbocycles. The van der Waals surface area contributed by atoms with Crippen LogP contribution >= 0.6 is 0 Å². The molecule has 94 valence electrons. The molecule has 0 aliphatic carbocycles. The molecular formula is C13H21N3O. The fourth-order valence-corrected chi connectivity index (χ4v) is 1.45. The van der Waals surface area contributed by atoms with Crippen LogP contribution in [-0.4, -0.2) is 38.1 Å². The first-order valence-corrected chi connectivity index (χ1v) is 5.76. The Morgan fingerprint density at radius 2 is 2.00 bits per heavy atom. The standard InChI is InChI=1S/C13H21N3O/c1-10-6-5-7-12(11(10)2)15-13(17)14-8-9-16(3)4/h5-7H,8-9H2,1-4H3,(H2,14,15,17). The number of hydrogen-bond donors (Lipinski definition) is 2. The summed E-state index contributed by atoms with van der Waals surface area (Å²) < 4.78 is 0. The zero-order valence-electron chi connectivity index (χ0n) is 11.0. The van der Waals surface area contributed by atoms with Gasteiger partial charge in [-0.2, -0.15) is 0 Å². The second kappa shape index (κ2) is 6.25. The van der Waals surface area contributed by atoms with Crippen molar-refractivity contribution >= 4 is 11.7 Å². The first-order chi connectivity index (χ1) is 8.00. The summed E-state index contributed by atoms with van der Waals surface area (Å²) in [5.41, 5.74) is 3.15. The fourth-order valence-electron chi connectivity index (χ4n) is 1.45. The zero-order valence-corrected chi connectivity index (χ0v) is 11.0. The van der Waals surface area contributed by atoms with Gasteiger partial charge < -0.3 is 15.5 Å². The first-order valence-electron chi connectivity index (χ1n) is 5.76. The Kier molecular flexibility index (Phi) is 4.97. The molecule has 0 bridgehead atoms. The van der Waals surface area contributed by atoms with Crippen molar-refractivity contribution in [3.63, 3.8) is 0 Å². The number of rotatable bonds is 4. The van der Waals surface area contributed by atoms with E-state index in [1.54, 1.807) is 0 Å². The van der Waals surface area contributed by atoms with E-state index >= 15 is 0 Å². The number of aryl methyl sites for hydroxylation is 1. The minimum atomic E-state index is -0.152. The van der Waals surface area contributed by atoms with Gasteiger partial charge in [0.25, 0.3) is 0 Å². The van der Waals surface area contributed by atoms with E-state index in [1.807, 2.05) is 51.0 Å². The summed E-state index contributed by atoms with van der Waals surface area (Å²) in [4.78, 5) is 13.6. The van der Waals surface area contributed by atoms with E-state index in [1.165, 1.54) is 5.56 Å². The number of carbonyl (C=O) groups excluding carboxylic acids is 1. The van der Waals surface area contributed by atoms with Crippen molar-refractivity contribution in [1.29, 1.82) is 0 Å². The minimum absolute atomic E-state index is 0.152. The lowest BCUT2D eigenvalue weighted by Gasteiger charge is -2.13. The van der Waals surface area contributed by atoms with Crippen LogP contribution in [0.25, 0.3) is 0 Å². The molecule has 0 aliphatic heterocycles. The second-order valence-corrected chi connectivity index (χ2v) is 4.43. The zero-order chi connectivity index (χ0) is 12.8. The van der Waals surface area contributed by atoms with Crippen LogP contribution in [0.4, 0.5) is 10.5 Å². The third-order valence-electron chi connectivity index (χ3n) is 2.70. The quantitative estimate of drug-likeness (QED) is 0.838. The summed E-state index contributed by atoms with van der Waals surface area (Å²) in [6, 6.07) is 5.73. The van der Waals surface area contributed by atoms with Gasteiger partial charge >= 0.3 is 6.03 Å². The molecule has 0 spiro atoms. The van der Waals surface area contributed by atoms with Gasteiger partial charge in [0.05, 0.1) is 0 Å². The van der Waals surface area contributed by atoms with Crippen LogP contribution in [0.2, 0.25) is 0 Å².